The summed E-state index contributed by atoms with van der Waals surface area (Å²) in [6, 6.07) is 8.21. The number of hydrogen-bond acceptors (Lipinski definition) is 4. The van der Waals surface area contributed by atoms with Crippen molar-refractivity contribution < 1.29 is 9.90 Å². The van der Waals surface area contributed by atoms with Gasteiger partial charge in [-0.1, -0.05) is 44.2 Å². The molecule has 0 unspecified atom stereocenters. The minimum Gasteiger partial charge on any atom is -0.480 e. The summed E-state index contributed by atoms with van der Waals surface area (Å²) in [5.74, 6) is -0.617. The van der Waals surface area contributed by atoms with Gasteiger partial charge >= 0.3 is 5.97 Å². The first kappa shape index (κ1) is 18.1. The highest BCUT2D eigenvalue weighted by Gasteiger charge is 2.44. The number of anilines is 2. The predicted octanol–water partition coefficient (Wildman–Crippen LogP) is 3.71. The third-order valence-electron chi connectivity index (χ3n) is 6.00. The van der Waals surface area contributed by atoms with Crippen molar-refractivity contribution in [2.45, 2.75) is 69.4 Å². The van der Waals surface area contributed by atoms with Crippen LogP contribution in [0.25, 0.3) is 0 Å². The molecule has 2 fully saturated rings. The van der Waals surface area contributed by atoms with E-state index in [0.717, 1.165) is 63.0 Å². The lowest BCUT2D eigenvalue weighted by Crippen LogP contribution is -2.58. The van der Waals surface area contributed by atoms with Crippen LogP contribution >= 0.6 is 0 Å². The molecule has 5 heteroatoms. The van der Waals surface area contributed by atoms with Gasteiger partial charge in [0.15, 0.2) is 0 Å². The smallest absolute Gasteiger partial charge is 0.324 e. The topological polar surface area (TPSA) is 78.6 Å². The summed E-state index contributed by atoms with van der Waals surface area (Å²) in [5, 5.41) is 13.6. The molecule has 5 nitrogen and oxygen atoms in total. The summed E-state index contributed by atoms with van der Waals surface area (Å²) in [6.07, 6.45) is 9.17. The van der Waals surface area contributed by atoms with Gasteiger partial charge in [0.25, 0.3) is 0 Å². The fourth-order valence-electron chi connectivity index (χ4n) is 4.46. The fraction of sp³-hybridized carbons (Fsp3) is 0.650. The third-order valence-corrected chi connectivity index (χ3v) is 6.00. The lowest BCUT2D eigenvalue weighted by Gasteiger charge is -2.45. The number of carbonyl (C=O) groups is 1. The molecule has 0 aromatic heterocycles. The van der Waals surface area contributed by atoms with Crippen molar-refractivity contribution in [3.63, 3.8) is 0 Å². The zero-order chi connectivity index (χ0) is 17.7. The molecule has 0 radical (unpaired) electrons. The van der Waals surface area contributed by atoms with E-state index >= 15 is 0 Å². The summed E-state index contributed by atoms with van der Waals surface area (Å²) in [7, 11) is 0. The number of benzene rings is 1. The van der Waals surface area contributed by atoms with Crippen molar-refractivity contribution in [2.75, 3.05) is 24.1 Å². The zero-order valence-corrected chi connectivity index (χ0v) is 15.0. The van der Waals surface area contributed by atoms with Crippen LogP contribution in [-0.2, 0) is 4.79 Å². The van der Waals surface area contributed by atoms with E-state index < -0.39 is 11.5 Å². The molecule has 1 aliphatic carbocycles. The van der Waals surface area contributed by atoms with Crippen molar-refractivity contribution >= 4 is 17.3 Å². The van der Waals surface area contributed by atoms with Crippen molar-refractivity contribution in [1.29, 1.82) is 0 Å². The first-order valence-electron chi connectivity index (χ1n) is 9.71. The normalized spacial score (nSPS) is 22.7. The van der Waals surface area contributed by atoms with E-state index in [4.69, 9.17) is 5.73 Å². The molecule has 0 atom stereocenters. The summed E-state index contributed by atoms with van der Waals surface area (Å²) in [5.41, 5.74) is 7.14. The first-order valence-corrected chi connectivity index (χ1v) is 9.71. The highest BCUT2D eigenvalue weighted by atomic mass is 16.4. The highest BCUT2D eigenvalue weighted by molar-refractivity contribution is 5.78. The maximum atomic E-state index is 12.2. The number of carboxylic acid groups (broad SMARTS) is 1. The average Bonchev–Trinajstić information content (AvgIpc) is 2.58. The Bertz CT molecular complexity index is 574. The van der Waals surface area contributed by atoms with E-state index in [1.165, 1.54) is 19.3 Å². The van der Waals surface area contributed by atoms with Gasteiger partial charge in [-0.3, -0.25) is 9.69 Å². The van der Waals surface area contributed by atoms with Crippen molar-refractivity contribution in [1.82, 2.24) is 4.90 Å². The zero-order valence-electron chi connectivity index (χ0n) is 15.0. The number of nitrogens with zero attached hydrogens (tertiary/aromatic N) is 1. The Labute approximate surface area is 150 Å². The van der Waals surface area contributed by atoms with Gasteiger partial charge in [0.2, 0.25) is 0 Å². The predicted molar refractivity (Wildman–Crippen MR) is 102 cm³/mol. The number of hydrogen-bond donors (Lipinski definition) is 3. The Morgan fingerprint density at radius 2 is 1.68 bits per heavy atom. The van der Waals surface area contributed by atoms with E-state index in [-0.39, 0.29) is 0 Å². The summed E-state index contributed by atoms with van der Waals surface area (Å²) in [6.45, 7) is 1.69. The van der Waals surface area contributed by atoms with Gasteiger partial charge in [0, 0.05) is 19.1 Å². The summed E-state index contributed by atoms with van der Waals surface area (Å²) in [4.78, 5) is 14.4. The Kier molecular flexibility index (Phi) is 5.84. The number of piperidine rings is 1. The molecule has 1 aliphatic heterocycles. The van der Waals surface area contributed by atoms with E-state index in [1.54, 1.807) is 0 Å². The number of nitrogens with two attached hydrogens (primary N) is 1. The van der Waals surface area contributed by atoms with Crippen LogP contribution in [0.2, 0.25) is 0 Å². The van der Waals surface area contributed by atoms with Crippen molar-refractivity contribution in [3.05, 3.63) is 24.3 Å². The Morgan fingerprint density at radius 1 is 1.08 bits per heavy atom. The van der Waals surface area contributed by atoms with Gasteiger partial charge in [0.05, 0.1) is 11.4 Å². The molecule has 138 valence electrons. The maximum absolute atomic E-state index is 12.2. The molecule has 1 saturated carbocycles. The molecule has 1 aromatic carbocycles. The number of carboxylic acids is 1. The van der Waals surface area contributed by atoms with E-state index in [1.807, 2.05) is 24.3 Å². The second kappa shape index (κ2) is 8.09. The molecule has 0 bridgehead atoms. The minimum atomic E-state index is -0.642. The van der Waals surface area contributed by atoms with Crippen LogP contribution in [0.15, 0.2) is 24.3 Å². The van der Waals surface area contributed by atoms with Crippen LogP contribution in [0.4, 0.5) is 11.4 Å². The van der Waals surface area contributed by atoms with Crippen LogP contribution in [0.3, 0.4) is 0 Å². The molecule has 3 rings (SSSR count). The van der Waals surface area contributed by atoms with Crippen molar-refractivity contribution in [2.24, 2.45) is 0 Å². The van der Waals surface area contributed by atoms with Crippen LogP contribution in [-0.4, -0.2) is 40.6 Å². The highest BCUT2D eigenvalue weighted by Crippen LogP contribution is 2.35. The molecular formula is C20H31N3O2. The van der Waals surface area contributed by atoms with Gasteiger partial charge in [-0.2, -0.15) is 0 Å². The Morgan fingerprint density at radius 3 is 2.28 bits per heavy atom. The minimum absolute atomic E-state index is 0.361. The molecular weight excluding hydrogens is 314 g/mol. The molecule has 0 spiro atoms. The number of nitrogens with one attached hydrogen (secondary N) is 1. The number of nitrogen functional groups attached to an aromatic ring is 1. The van der Waals surface area contributed by atoms with Crippen LogP contribution in [0, 0.1) is 0 Å². The molecule has 2 aliphatic rings. The monoisotopic (exact) mass is 345 g/mol. The number of aliphatic carboxylic acids is 1. The molecule has 1 aromatic rings. The van der Waals surface area contributed by atoms with Gasteiger partial charge in [-0.25, -0.2) is 0 Å². The van der Waals surface area contributed by atoms with E-state index in [9.17, 15) is 9.90 Å². The fourth-order valence-corrected chi connectivity index (χ4v) is 4.46. The molecule has 1 heterocycles. The van der Waals surface area contributed by atoms with Gasteiger partial charge in [-0.05, 0) is 37.8 Å². The molecule has 1 saturated heterocycles. The SMILES string of the molecule is Nc1ccccc1NC1CCN(C2(C(=O)O)CCCCCCC2)CC1. The Hall–Kier alpha value is -1.75. The maximum Gasteiger partial charge on any atom is 0.324 e. The van der Waals surface area contributed by atoms with E-state index in [0.29, 0.717) is 6.04 Å². The van der Waals surface area contributed by atoms with Crippen LogP contribution < -0.4 is 11.1 Å². The molecule has 4 N–H and O–H groups in total. The standard InChI is InChI=1S/C20H31N3O2/c21-17-8-4-5-9-18(17)22-16-10-14-23(15-11-16)20(19(24)25)12-6-2-1-3-7-13-20/h4-5,8-9,16,22H,1-3,6-7,10-15,21H2,(H,24,25). The van der Waals surface area contributed by atoms with Crippen LogP contribution in [0.1, 0.15) is 57.8 Å². The number of para-hydroxylation sites is 2. The quantitative estimate of drug-likeness (QED) is 0.725. The molecule has 25 heavy (non-hydrogen) atoms. The van der Waals surface area contributed by atoms with E-state index in [2.05, 4.69) is 10.2 Å². The molecule has 0 amide bonds. The average molecular weight is 345 g/mol. The third kappa shape index (κ3) is 4.09. The second-order valence-electron chi connectivity index (χ2n) is 7.60. The summed E-state index contributed by atoms with van der Waals surface area (Å²) >= 11 is 0. The lowest BCUT2D eigenvalue weighted by atomic mass is 9.81. The summed E-state index contributed by atoms with van der Waals surface area (Å²) < 4.78 is 0. The number of rotatable bonds is 4. The Balaban J connectivity index is 1.63. The number of likely N-dealkylation sites (tertiary alicyclic amines) is 1. The van der Waals surface area contributed by atoms with Crippen LogP contribution in [0.5, 0.6) is 0 Å². The van der Waals surface area contributed by atoms with Gasteiger partial charge in [-0.15, -0.1) is 0 Å². The first-order chi connectivity index (χ1) is 12.1. The lowest BCUT2D eigenvalue weighted by molar-refractivity contribution is -0.154. The largest absolute Gasteiger partial charge is 0.480 e. The van der Waals surface area contributed by atoms with Gasteiger partial charge in [0.1, 0.15) is 5.54 Å². The van der Waals surface area contributed by atoms with Crippen molar-refractivity contribution in [3.8, 4) is 0 Å². The second-order valence-corrected chi connectivity index (χ2v) is 7.60. The van der Waals surface area contributed by atoms with Gasteiger partial charge < -0.3 is 16.2 Å².